The van der Waals surface area contributed by atoms with Gasteiger partial charge in [0.25, 0.3) is 0 Å². The van der Waals surface area contributed by atoms with Crippen molar-refractivity contribution in [3.8, 4) is 0 Å². The van der Waals surface area contributed by atoms with Crippen LogP contribution in [0.15, 0.2) is 6.07 Å². The topological polar surface area (TPSA) is 50.2 Å². The van der Waals surface area contributed by atoms with Crippen molar-refractivity contribution >= 4 is 29.2 Å². The Balaban J connectivity index is 3.49. The minimum atomic E-state index is -4.89. The smallest absolute Gasteiger partial charge is 0.434 e. The van der Waals surface area contributed by atoms with Crippen LogP contribution in [0.4, 0.5) is 13.2 Å². The Hall–Kier alpha value is -1.01. The van der Waals surface area contributed by atoms with Gasteiger partial charge in [-0.25, -0.2) is 9.78 Å². The van der Waals surface area contributed by atoms with Crippen LogP contribution in [-0.2, 0) is 6.18 Å². The molecule has 8 heteroatoms. The average molecular weight is 260 g/mol. The van der Waals surface area contributed by atoms with Gasteiger partial charge in [-0.15, -0.1) is 0 Å². The van der Waals surface area contributed by atoms with Crippen LogP contribution in [0.25, 0.3) is 0 Å². The molecule has 0 aliphatic rings. The van der Waals surface area contributed by atoms with Crippen molar-refractivity contribution in [1.29, 1.82) is 0 Å². The van der Waals surface area contributed by atoms with Crippen molar-refractivity contribution in [3.63, 3.8) is 0 Å². The number of alkyl halides is 3. The number of hydrogen-bond donors (Lipinski definition) is 1. The number of halogens is 5. The number of rotatable bonds is 1. The van der Waals surface area contributed by atoms with Gasteiger partial charge < -0.3 is 5.11 Å². The second-order valence-electron chi connectivity index (χ2n) is 2.46. The van der Waals surface area contributed by atoms with Crippen molar-refractivity contribution in [2.24, 2.45) is 0 Å². The van der Waals surface area contributed by atoms with E-state index in [4.69, 9.17) is 28.3 Å². The van der Waals surface area contributed by atoms with Gasteiger partial charge in [0.15, 0.2) is 5.69 Å². The van der Waals surface area contributed by atoms with E-state index in [0.29, 0.717) is 6.07 Å². The van der Waals surface area contributed by atoms with Gasteiger partial charge in [-0.1, -0.05) is 23.2 Å². The fraction of sp³-hybridized carbons (Fsp3) is 0.143. The van der Waals surface area contributed by atoms with Crippen LogP contribution in [0.1, 0.15) is 16.1 Å². The van der Waals surface area contributed by atoms with E-state index in [1.807, 2.05) is 0 Å². The van der Waals surface area contributed by atoms with Gasteiger partial charge in [0.2, 0.25) is 0 Å². The molecule has 0 aliphatic carbocycles. The van der Waals surface area contributed by atoms with Gasteiger partial charge in [-0.2, -0.15) is 13.2 Å². The maximum atomic E-state index is 12.3. The molecule has 0 bridgehead atoms. The summed E-state index contributed by atoms with van der Waals surface area (Å²) < 4.78 is 36.9. The molecule has 0 unspecified atom stereocenters. The van der Waals surface area contributed by atoms with Crippen molar-refractivity contribution in [2.75, 3.05) is 0 Å². The highest BCUT2D eigenvalue weighted by Gasteiger charge is 2.38. The van der Waals surface area contributed by atoms with E-state index in [-0.39, 0.29) is 5.02 Å². The molecular weight excluding hydrogens is 258 g/mol. The molecule has 1 heterocycles. The standard InChI is InChI=1S/C7H2Cl2F3NO2/c8-3-1-2(6(14)15)4(7(10,11)12)13-5(3)9/h1H,(H,14,15). The normalized spacial score (nSPS) is 11.5. The van der Waals surface area contributed by atoms with Crippen LogP contribution in [0.2, 0.25) is 10.2 Å². The molecule has 1 N–H and O–H groups in total. The molecule has 1 rings (SSSR count). The molecule has 3 nitrogen and oxygen atoms in total. The number of aromatic nitrogens is 1. The summed E-state index contributed by atoms with van der Waals surface area (Å²) in [4.78, 5) is 13.4. The van der Waals surface area contributed by atoms with Gasteiger partial charge in [-0.3, -0.25) is 0 Å². The first-order valence-corrected chi connectivity index (χ1v) is 4.15. The van der Waals surface area contributed by atoms with E-state index in [1.165, 1.54) is 0 Å². The second kappa shape index (κ2) is 3.86. The SMILES string of the molecule is O=C(O)c1cc(Cl)c(Cl)nc1C(F)(F)F. The van der Waals surface area contributed by atoms with Crippen LogP contribution >= 0.6 is 23.2 Å². The van der Waals surface area contributed by atoms with Crippen molar-refractivity contribution in [3.05, 3.63) is 27.5 Å². The predicted octanol–water partition coefficient (Wildman–Crippen LogP) is 3.11. The van der Waals surface area contributed by atoms with Crippen LogP contribution in [0.3, 0.4) is 0 Å². The van der Waals surface area contributed by atoms with Crippen molar-refractivity contribution in [1.82, 2.24) is 4.98 Å². The van der Waals surface area contributed by atoms with E-state index in [0.717, 1.165) is 0 Å². The monoisotopic (exact) mass is 259 g/mol. The Labute approximate surface area is 91.4 Å². The van der Waals surface area contributed by atoms with Gasteiger partial charge in [-0.05, 0) is 6.07 Å². The zero-order valence-electron chi connectivity index (χ0n) is 6.77. The third-order valence-corrected chi connectivity index (χ3v) is 2.11. The quantitative estimate of drug-likeness (QED) is 0.789. The predicted molar refractivity (Wildman–Crippen MR) is 46.2 cm³/mol. The number of carboxylic acids is 1. The van der Waals surface area contributed by atoms with Crippen LogP contribution in [0.5, 0.6) is 0 Å². The maximum absolute atomic E-state index is 12.3. The van der Waals surface area contributed by atoms with E-state index >= 15 is 0 Å². The summed E-state index contributed by atoms with van der Waals surface area (Å²) >= 11 is 10.6. The molecule has 0 saturated carbocycles. The molecular formula is C7H2Cl2F3NO2. The minimum Gasteiger partial charge on any atom is -0.478 e. The Bertz CT molecular complexity index is 419. The Morgan fingerprint density at radius 1 is 1.40 bits per heavy atom. The van der Waals surface area contributed by atoms with Crippen LogP contribution < -0.4 is 0 Å². The third-order valence-electron chi connectivity index (χ3n) is 1.43. The fourth-order valence-electron chi connectivity index (χ4n) is 0.846. The summed E-state index contributed by atoms with van der Waals surface area (Å²) in [7, 11) is 0. The number of pyridine rings is 1. The number of aromatic carboxylic acids is 1. The largest absolute Gasteiger partial charge is 0.478 e. The molecule has 0 aliphatic heterocycles. The Kier molecular flexibility index (Phi) is 3.11. The summed E-state index contributed by atoms with van der Waals surface area (Å²) in [5.74, 6) is -1.77. The van der Waals surface area contributed by atoms with E-state index in [2.05, 4.69) is 4.98 Å². The molecule has 0 amide bonds. The molecule has 0 fully saturated rings. The van der Waals surface area contributed by atoms with E-state index in [1.54, 1.807) is 0 Å². The Morgan fingerprint density at radius 2 is 1.93 bits per heavy atom. The highest BCUT2D eigenvalue weighted by molar-refractivity contribution is 6.41. The van der Waals surface area contributed by atoms with Gasteiger partial charge in [0, 0.05) is 0 Å². The summed E-state index contributed by atoms with van der Waals surface area (Å²) in [6.45, 7) is 0. The van der Waals surface area contributed by atoms with Gasteiger partial charge in [0.05, 0.1) is 10.6 Å². The maximum Gasteiger partial charge on any atom is 0.434 e. The molecule has 0 atom stereocenters. The minimum absolute atomic E-state index is 0.345. The molecule has 15 heavy (non-hydrogen) atoms. The summed E-state index contributed by atoms with van der Waals surface area (Å²) in [6.07, 6.45) is -4.89. The lowest BCUT2D eigenvalue weighted by Crippen LogP contribution is -2.15. The van der Waals surface area contributed by atoms with Gasteiger partial charge in [0.1, 0.15) is 5.15 Å². The number of carboxylic acid groups (broad SMARTS) is 1. The lowest BCUT2D eigenvalue weighted by atomic mass is 10.2. The number of hydrogen-bond acceptors (Lipinski definition) is 2. The highest BCUT2D eigenvalue weighted by atomic mass is 35.5. The first kappa shape index (κ1) is 12.1. The highest BCUT2D eigenvalue weighted by Crippen LogP contribution is 2.33. The molecule has 0 saturated heterocycles. The number of nitrogens with zero attached hydrogens (tertiary/aromatic N) is 1. The first-order chi connectivity index (χ1) is 6.73. The van der Waals surface area contributed by atoms with Crippen LogP contribution in [0, 0.1) is 0 Å². The van der Waals surface area contributed by atoms with E-state index < -0.39 is 28.6 Å². The lowest BCUT2D eigenvalue weighted by Gasteiger charge is -2.09. The summed E-state index contributed by atoms with van der Waals surface area (Å²) in [5.41, 5.74) is -2.60. The molecule has 0 spiro atoms. The number of carbonyl (C=O) groups is 1. The lowest BCUT2D eigenvalue weighted by molar-refractivity contribution is -0.141. The second-order valence-corrected chi connectivity index (χ2v) is 3.23. The first-order valence-electron chi connectivity index (χ1n) is 3.40. The zero-order valence-corrected chi connectivity index (χ0v) is 8.28. The molecule has 0 aromatic carbocycles. The molecule has 82 valence electrons. The zero-order chi connectivity index (χ0) is 11.8. The van der Waals surface area contributed by atoms with Crippen molar-refractivity contribution < 1.29 is 23.1 Å². The molecule has 1 aromatic rings. The average Bonchev–Trinajstić information content (AvgIpc) is 2.06. The fourth-order valence-corrected chi connectivity index (χ4v) is 1.14. The summed E-state index contributed by atoms with van der Waals surface area (Å²) in [6, 6.07) is 0.613. The van der Waals surface area contributed by atoms with Crippen molar-refractivity contribution in [2.45, 2.75) is 6.18 Å². The van der Waals surface area contributed by atoms with Crippen LogP contribution in [-0.4, -0.2) is 16.1 Å². The van der Waals surface area contributed by atoms with E-state index in [9.17, 15) is 18.0 Å². The third kappa shape index (κ3) is 2.51. The Morgan fingerprint density at radius 3 is 2.33 bits per heavy atom. The molecule has 0 radical (unpaired) electrons. The van der Waals surface area contributed by atoms with Gasteiger partial charge >= 0.3 is 12.1 Å². The molecule has 1 aromatic heterocycles. The summed E-state index contributed by atoms with van der Waals surface area (Å²) in [5, 5.41) is 7.57.